The van der Waals surface area contributed by atoms with Gasteiger partial charge >= 0.3 is 0 Å². The van der Waals surface area contributed by atoms with E-state index in [1.807, 2.05) is 48.5 Å². The predicted octanol–water partition coefficient (Wildman–Crippen LogP) is 9.93. The number of nitrogen functional groups attached to an aromatic ring is 1. The van der Waals surface area contributed by atoms with Crippen molar-refractivity contribution in [2.45, 2.75) is 4.90 Å². The van der Waals surface area contributed by atoms with Gasteiger partial charge in [-0.05, 0) is 36.4 Å². The van der Waals surface area contributed by atoms with Crippen LogP contribution in [0.15, 0.2) is 102 Å². The molecule has 0 fully saturated rings. The zero-order valence-electron chi connectivity index (χ0n) is 20.8. The minimum atomic E-state index is -3.99. The molecule has 4 aromatic carbocycles. The lowest BCUT2D eigenvalue weighted by Crippen LogP contribution is -1.99. The van der Waals surface area contributed by atoms with Crippen molar-refractivity contribution < 1.29 is 8.42 Å². The first-order valence-electron chi connectivity index (χ1n) is 11.9. The van der Waals surface area contributed by atoms with E-state index in [4.69, 9.17) is 62.8 Å². The third-order valence-corrected chi connectivity index (χ3v) is 8.71. The summed E-state index contributed by atoms with van der Waals surface area (Å²) < 4.78 is 23.8. The number of aromatic nitrogens is 2. The van der Waals surface area contributed by atoms with E-state index in [0.29, 0.717) is 47.9 Å². The molecule has 2 heterocycles. The molecule has 0 aliphatic heterocycles. The van der Waals surface area contributed by atoms with Gasteiger partial charge in [-0.15, -0.1) is 0 Å². The topological polar surface area (TPSA) is 85.9 Å². The summed E-state index contributed by atoms with van der Waals surface area (Å²) in [6, 6.07) is 28.4. The second-order valence-corrected chi connectivity index (χ2v) is 12.9. The van der Waals surface area contributed by atoms with E-state index in [1.54, 1.807) is 42.5 Å². The number of hydrogen-bond acceptors (Lipinski definition) is 5. The first kappa shape index (κ1) is 29.4. The average Bonchev–Trinajstić information content (AvgIpc) is 2.93. The number of hydrogen-bond donors (Lipinski definition) is 1. The maximum absolute atomic E-state index is 11.9. The molecule has 5 nitrogen and oxygen atoms in total. The molecule has 41 heavy (non-hydrogen) atoms. The van der Waals surface area contributed by atoms with Crippen molar-refractivity contribution in [1.82, 2.24) is 9.97 Å². The second-order valence-electron chi connectivity index (χ2n) is 8.78. The largest absolute Gasteiger partial charge is 0.397 e. The first-order chi connectivity index (χ1) is 19.5. The SMILES string of the molecule is Nc1cc2cccc(Cl)c2nc1-c1ccccc1Cl.O=S(=O)(Cl)c1cc2cccc(Cl)c2nc1-c1ccccc1Cl. The van der Waals surface area contributed by atoms with Gasteiger partial charge in [-0.3, -0.25) is 0 Å². The van der Waals surface area contributed by atoms with Crippen LogP contribution in [0.4, 0.5) is 5.69 Å². The lowest BCUT2D eigenvalue weighted by Gasteiger charge is -2.10. The molecule has 0 unspecified atom stereocenters. The number of benzene rings is 4. The van der Waals surface area contributed by atoms with Crippen molar-refractivity contribution in [3.05, 3.63) is 117 Å². The molecule has 0 radical (unpaired) electrons. The Balaban J connectivity index is 0.000000166. The summed E-state index contributed by atoms with van der Waals surface area (Å²) in [5.74, 6) is 0. The van der Waals surface area contributed by atoms with Crippen LogP contribution in [0.5, 0.6) is 0 Å². The summed E-state index contributed by atoms with van der Waals surface area (Å²) in [7, 11) is 1.57. The van der Waals surface area contributed by atoms with Crippen molar-refractivity contribution in [2.24, 2.45) is 0 Å². The Morgan fingerprint density at radius 2 is 1.00 bits per heavy atom. The fourth-order valence-corrected chi connectivity index (χ4v) is 6.13. The molecule has 6 aromatic rings. The van der Waals surface area contributed by atoms with Gasteiger partial charge in [-0.25, -0.2) is 18.4 Å². The van der Waals surface area contributed by atoms with Gasteiger partial charge in [0.1, 0.15) is 4.90 Å². The van der Waals surface area contributed by atoms with Gasteiger partial charge in [0.2, 0.25) is 0 Å². The second kappa shape index (κ2) is 12.0. The Morgan fingerprint density at radius 3 is 1.51 bits per heavy atom. The average molecular weight is 662 g/mol. The van der Waals surface area contributed by atoms with Gasteiger partial charge < -0.3 is 5.73 Å². The molecule has 2 aromatic heterocycles. The maximum atomic E-state index is 11.9. The summed E-state index contributed by atoms with van der Waals surface area (Å²) in [5.41, 5.74) is 10.0. The van der Waals surface area contributed by atoms with Gasteiger partial charge in [-0.2, -0.15) is 0 Å². The lowest BCUT2D eigenvalue weighted by molar-refractivity contribution is 0.609. The van der Waals surface area contributed by atoms with Gasteiger partial charge in [0.25, 0.3) is 9.05 Å². The van der Waals surface area contributed by atoms with E-state index in [-0.39, 0.29) is 10.6 Å². The molecule has 0 aliphatic rings. The van der Waals surface area contributed by atoms with Crippen molar-refractivity contribution in [3.63, 3.8) is 0 Å². The smallest absolute Gasteiger partial charge is 0.263 e. The Morgan fingerprint density at radius 1 is 0.561 bits per heavy atom. The Labute approximate surface area is 260 Å². The number of nitrogens with two attached hydrogens (primary N) is 1. The van der Waals surface area contributed by atoms with E-state index in [1.165, 1.54) is 6.07 Å². The molecule has 0 saturated heterocycles. The van der Waals surface area contributed by atoms with E-state index in [0.717, 1.165) is 16.5 Å². The number of para-hydroxylation sites is 2. The third kappa shape index (κ3) is 6.24. The standard InChI is InChI=1S/C15H8Cl3NO2S.C15H10Cl2N2/c16-11-6-2-1-5-10(11)15-13(22(18,20)21)8-9-4-3-7-12(17)14(9)19-15;16-11-6-2-1-5-10(11)15-13(18)8-9-4-3-7-12(17)14(9)19-15/h1-8H;1-8H,18H2. The Bertz CT molecular complexity index is 2050. The van der Waals surface area contributed by atoms with Crippen molar-refractivity contribution in [2.75, 3.05) is 5.73 Å². The summed E-state index contributed by atoms with van der Waals surface area (Å²) in [6.45, 7) is 0. The molecule has 11 heteroatoms. The van der Waals surface area contributed by atoms with Gasteiger partial charge in [0.15, 0.2) is 0 Å². The molecular formula is C30H18Cl5N3O2S. The fraction of sp³-hybridized carbons (Fsp3) is 0. The number of nitrogens with zero attached hydrogens (tertiary/aromatic N) is 2. The van der Waals surface area contributed by atoms with Gasteiger partial charge in [0.05, 0.1) is 48.2 Å². The number of halogens is 5. The van der Waals surface area contributed by atoms with Crippen LogP contribution in [0.2, 0.25) is 20.1 Å². The zero-order valence-corrected chi connectivity index (χ0v) is 25.4. The third-order valence-electron chi connectivity index (χ3n) is 6.11. The molecule has 6 rings (SSSR count). The number of anilines is 1. The van der Waals surface area contributed by atoms with Crippen LogP contribution in [0.1, 0.15) is 0 Å². The van der Waals surface area contributed by atoms with Gasteiger partial charge in [-0.1, -0.05) is 107 Å². The number of rotatable bonds is 3. The molecule has 0 atom stereocenters. The maximum Gasteiger partial charge on any atom is 0.263 e. The molecule has 0 bridgehead atoms. The fourth-order valence-electron chi connectivity index (χ4n) is 4.22. The van der Waals surface area contributed by atoms with Crippen LogP contribution in [0, 0.1) is 0 Å². The monoisotopic (exact) mass is 659 g/mol. The Kier molecular flexibility index (Phi) is 8.62. The van der Waals surface area contributed by atoms with Crippen LogP contribution < -0.4 is 5.73 Å². The summed E-state index contributed by atoms with van der Waals surface area (Å²) >= 11 is 24.7. The molecule has 0 saturated carbocycles. The molecular weight excluding hydrogens is 644 g/mol. The first-order valence-corrected chi connectivity index (χ1v) is 15.7. The molecule has 0 aliphatic carbocycles. The molecule has 0 spiro atoms. The highest BCUT2D eigenvalue weighted by atomic mass is 35.7. The van der Waals surface area contributed by atoms with Crippen LogP contribution >= 0.6 is 57.1 Å². The van der Waals surface area contributed by atoms with Crippen LogP contribution in [-0.4, -0.2) is 18.4 Å². The minimum absolute atomic E-state index is 0.1000. The van der Waals surface area contributed by atoms with Gasteiger partial charge in [0, 0.05) is 32.6 Å². The zero-order chi connectivity index (χ0) is 29.3. The summed E-state index contributed by atoms with van der Waals surface area (Å²) in [4.78, 5) is 8.86. The highest BCUT2D eigenvalue weighted by Gasteiger charge is 2.21. The van der Waals surface area contributed by atoms with E-state index >= 15 is 0 Å². The normalized spacial score (nSPS) is 11.3. The van der Waals surface area contributed by atoms with E-state index < -0.39 is 9.05 Å². The predicted molar refractivity (Wildman–Crippen MR) is 172 cm³/mol. The summed E-state index contributed by atoms with van der Waals surface area (Å²) in [6.07, 6.45) is 0. The highest BCUT2D eigenvalue weighted by Crippen LogP contribution is 2.37. The molecule has 0 amide bonds. The van der Waals surface area contributed by atoms with E-state index in [2.05, 4.69) is 9.97 Å². The minimum Gasteiger partial charge on any atom is -0.397 e. The molecule has 206 valence electrons. The van der Waals surface area contributed by atoms with Crippen molar-refractivity contribution >= 4 is 93.6 Å². The van der Waals surface area contributed by atoms with Crippen molar-refractivity contribution in [1.29, 1.82) is 0 Å². The summed E-state index contributed by atoms with van der Waals surface area (Å²) in [5, 5.41) is 3.52. The van der Waals surface area contributed by atoms with Crippen LogP contribution in [0.25, 0.3) is 44.3 Å². The number of fused-ring (bicyclic) bond motifs is 2. The Hall–Kier alpha value is -3.10. The molecule has 2 N–H and O–H groups in total. The quantitative estimate of drug-likeness (QED) is 0.191. The number of pyridine rings is 2. The highest BCUT2D eigenvalue weighted by molar-refractivity contribution is 8.13. The van der Waals surface area contributed by atoms with Crippen LogP contribution in [0.3, 0.4) is 0 Å². The lowest BCUT2D eigenvalue weighted by atomic mass is 10.1. The van der Waals surface area contributed by atoms with E-state index in [9.17, 15) is 8.42 Å². The van der Waals surface area contributed by atoms with Crippen molar-refractivity contribution in [3.8, 4) is 22.5 Å². The van der Waals surface area contributed by atoms with Crippen LogP contribution in [-0.2, 0) is 9.05 Å².